The fourth-order valence-electron chi connectivity index (χ4n) is 2.79. The Morgan fingerprint density at radius 1 is 0.759 bits per heavy atom. The van der Waals surface area contributed by atoms with Gasteiger partial charge in [0.25, 0.3) is 0 Å². The van der Waals surface area contributed by atoms with Gasteiger partial charge in [-0.05, 0) is 41.0 Å². The van der Waals surface area contributed by atoms with Crippen LogP contribution in [0.3, 0.4) is 0 Å². The van der Waals surface area contributed by atoms with Crippen molar-refractivity contribution < 1.29 is 19.8 Å². The molecule has 0 aromatic heterocycles. The van der Waals surface area contributed by atoms with Crippen molar-refractivity contribution >= 4 is 30.0 Å². The molecule has 3 rings (SSSR count). The Balaban J connectivity index is 1.67. The molecule has 0 aliphatic heterocycles. The van der Waals surface area contributed by atoms with E-state index in [-0.39, 0.29) is 23.5 Å². The monoisotopic (exact) mass is 384 g/mol. The summed E-state index contributed by atoms with van der Waals surface area (Å²) < 4.78 is 0. The molecule has 4 heteroatoms. The van der Waals surface area contributed by atoms with Gasteiger partial charge >= 0.3 is 5.97 Å². The van der Waals surface area contributed by atoms with E-state index in [9.17, 15) is 14.7 Å². The first-order valence-electron chi connectivity index (χ1n) is 9.10. The maximum Gasteiger partial charge on any atom is 0.307 e. The predicted octanol–water partition coefficient (Wildman–Crippen LogP) is 5.09. The van der Waals surface area contributed by atoms with Crippen LogP contribution in [0.4, 0.5) is 0 Å². The smallest absolute Gasteiger partial charge is 0.307 e. The number of phenols is 1. The normalized spacial score (nSPS) is 11.2. The molecule has 4 nitrogen and oxygen atoms in total. The molecule has 3 aromatic carbocycles. The zero-order chi connectivity index (χ0) is 20.6. The molecular formula is C25H20O4. The van der Waals surface area contributed by atoms with Crippen LogP contribution in [0.5, 0.6) is 5.75 Å². The fraction of sp³-hybridized carbons (Fsp3) is 0.0400. The van der Waals surface area contributed by atoms with Crippen molar-refractivity contribution in [2.24, 2.45) is 0 Å². The van der Waals surface area contributed by atoms with Gasteiger partial charge in [-0.15, -0.1) is 0 Å². The second-order valence-electron chi connectivity index (χ2n) is 6.52. The number of benzene rings is 3. The van der Waals surface area contributed by atoms with E-state index in [4.69, 9.17) is 5.11 Å². The first kappa shape index (κ1) is 19.8. The Morgan fingerprint density at radius 2 is 1.34 bits per heavy atom. The topological polar surface area (TPSA) is 74.6 Å². The van der Waals surface area contributed by atoms with E-state index >= 15 is 0 Å². The first-order valence-corrected chi connectivity index (χ1v) is 9.10. The highest BCUT2D eigenvalue weighted by Crippen LogP contribution is 2.20. The average molecular weight is 384 g/mol. The Hall–Kier alpha value is -3.92. The lowest BCUT2D eigenvalue weighted by Crippen LogP contribution is -2.02. The predicted molar refractivity (Wildman–Crippen MR) is 115 cm³/mol. The van der Waals surface area contributed by atoms with Crippen LogP contribution in [-0.2, 0) is 11.2 Å². The number of allylic oxidation sites excluding steroid dienone is 1. The third kappa shape index (κ3) is 5.78. The molecule has 144 valence electrons. The van der Waals surface area contributed by atoms with E-state index in [1.165, 1.54) is 24.3 Å². The minimum atomic E-state index is -1.07. The van der Waals surface area contributed by atoms with Gasteiger partial charge in [-0.3, -0.25) is 9.59 Å². The van der Waals surface area contributed by atoms with Crippen LogP contribution >= 0.6 is 0 Å². The number of aliphatic carboxylic acids is 1. The molecular weight excluding hydrogens is 364 g/mol. The Morgan fingerprint density at radius 3 is 1.97 bits per heavy atom. The van der Waals surface area contributed by atoms with Crippen molar-refractivity contribution in [2.75, 3.05) is 0 Å². The first-order chi connectivity index (χ1) is 14.0. The summed E-state index contributed by atoms with van der Waals surface area (Å²) in [5.41, 5.74) is 3.59. The summed E-state index contributed by atoms with van der Waals surface area (Å²) in [7, 11) is 0. The summed E-state index contributed by atoms with van der Waals surface area (Å²) in [4.78, 5) is 23.2. The van der Waals surface area contributed by atoms with Crippen LogP contribution in [0.15, 0.2) is 78.9 Å². The van der Waals surface area contributed by atoms with E-state index < -0.39 is 5.97 Å². The van der Waals surface area contributed by atoms with Crippen LogP contribution in [0.2, 0.25) is 0 Å². The number of carbonyl (C=O) groups is 2. The van der Waals surface area contributed by atoms with E-state index in [1.54, 1.807) is 6.08 Å². The molecule has 0 amide bonds. The van der Waals surface area contributed by atoms with Gasteiger partial charge in [0.2, 0.25) is 0 Å². The summed E-state index contributed by atoms with van der Waals surface area (Å²) in [6.07, 6.45) is 6.86. The quantitative estimate of drug-likeness (QED) is 0.338. The summed E-state index contributed by atoms with van der Waals surface area (Å²) in [5, 5.41) is 18.6. The summed E-state index contributed by atoms with van der Waals surface area (Å²) in [5.74, 6) is -1.46. The van der Waals surface area contributed by atoms with Gasteiger partial charge in [-0.1, -0.05) is 72.8 Å². The molecule has 2 N–H and O–H groups in total. The molecule has 0 bridgehead atoms. The summed E-state index contributed by atoms with van der Waals surface area (Å²) in [6, 6.07) is 22.0. The van der Waals surface area contributed by atoms with Crippen LogP contribution in [-0.4, -0.2) is 22.0 Å². The maximum absolute atomic E-state index is 12.4. The summed E-state index contributed by atoms with van der Waals surface area (Å²) in [6.45, 7) is 0. The van der Waals surface area contributed by atoms with Gasteiger partial charge in [0.1, 0.15) is 5.75 Å². The number of carboxylic acid groups (broad SMARTS) is 1. The second-order valence-corrected chi connectivity index (χ2v) is 6.52. The number of carbonyl (C=O) groups excluding carboxylic acids is 1. The van der Waals surface area contributed by atoms with Gasteiger partial charge in [0.15, 0.2) is 5.78 Å². The summed E-state index contributed by atoms with van der Waals surface area (Å²) >= 11 is 0. The highest BCUT2D eigenvalue weighted by Gasteiger charge is 2.10. The Bertz CT molecular complexity index is 1060. The third-order valence-corrected chi connectivity index (χ3v) is 4.34. The minimum Gasteiger partial charge on any atom is -0.508 e. The second kappa shape index (κ2) is 9.33. The van der Waals surface area contributed by atoms with Crippen LogP contribution < -0.4 is 0 Å². The molecule has 3 aromatic rings. The zero-order valence-electron chi connectivity index (χ0n) is 15.7. The number of phenolic OH excluding ortho intramolecular Hbond substituents is 1. The molecule has 0 spiro atoms. The number of hydrogen-bond donors (Lipinski definition) is 2. The molecule has 0 atom stereocenters. The molecule has 0 saturated heterocycles. The van der Waals surface area contributed by atoms with Crippen molar-refractivity contribution in [2.45, 2.75) is 6.42 Å². The number of aromatic hydroxyl groups is 1. The SMILES string of the molecule is O=C(O)Cc1cc(C(=O)/C=C/c2ccc(/C=C/c3ccccc3)cc2)ccc1O. The van der Waals surface area contributed by atoms with E-state index in [0.29, 0.717) is 5.56 Å². The third-order valence-electron chi connectivity index (χ3n) is 4.34. The average Bonchev–Trinajstić information content (AvgIpc) is 2.73. The highest BCUT2D eigenvalue weighted by atomic mass is 16.4. The van der Waals surface area contributed by atoms with Crippen molar-refractivity contribution in [3.8, 4) is 5.75 Å². The lowest BCUT2D eigenvalue weighted by Gasteiger charge is -2.04. The van der Waals surface area contributed by atoms with Gasteiger partial charge in [-0.25, -0.2) is 0 Å². The molecule has 29 heavy (non-hydrogen) atoms. The minimum absolute atomic E-state index is 0.132. The van der Waals surface area contributed by atoms with E-state index in [1.807, 2.05) is 66.7 Å². The number of carboxylic acids is 1. The Labute approximate surface area is 169 Å². The molecule has 0 fully saturated rings. The number of hydrogen-bond acceptors (Lipinski definition) is 3. The fourth-order valence-corrected chi connectivity index (χ4v) is 2.79. The maximum atomic E-state index is 12.4. The van der Waals surface area contributed by atoms with Gasteiger partial charge < -0.3 is 10.2 Å². The number of rotatable bonds is 7. The molecule has 0 saturated carbocycles. The van der Waals surface area contributed by atoms with Gasteiger partial charge in [-0.2, -0.15) is 0 Å². The number of ketones is 1. The van der Waals surface area contributed by atoms with E-state index in [0.717, 1.165) is 16.7 Å². The standard InChI is InChI=1S/C25H20O4/c26-23(21-13-15-24(27)22(16-21)17-25(28)29)14-12-20-10-8-19(9-11-20)7-6-18-4-2-1-3-5-18/h1-16,27H,17H2,(H,28,29)/b7-6+,14-12+. The molecule has 0 unspecified atom stereocenters. The van der Waals surface area contributed by atoms with Crippen LogP contribution in [0.25, 0.3) is 18.2 Å². The lowest BCUT2D eigenvalue weighted by atomic mass is 10.0. The van der Waals surface area contributed by atoms with Crippen molar-refractivity contribution in [3.05, 3.63) is 107 Å². The van der Waals surface area contributed by atoms with Crippen molar-refractivity contribution in [3.63, 3.8) is 0 Å². The van der Waals surface area contributed by atoms with Crippen LogP contribution in [0.1, 0.15) is 32.6 Å². The van der Waals surface area contributed by atoms with Crippen LogP contribution in [0, 0.1) is 0 Å². The van der Waals surface area contributed by atoms with Crippen molar-refractivity contribution in [1.29, 1.82) is 0 Å². The largest absolute Gasteiger partial charge is 0.508 e. The highest BCUT2D eigenvalue weighted by molar-refractivity contribution is 6.07. The molecule has 0 aliphatic carbocycles. The van der Waals surface area contributed by atoms with Gasteiger partial charge in [0.05, 0.1) is 6.42 Å². The molecule has 0 radical (unpaired) electrons. The van der Waals surface area contributed by atoms with Crippen molar-refractivity contribution in [1.82, 2.24) is 0 Å². The molecule has 0 aliphatic rings. The van der Waals surface area contributed by atoms with Gasteiger partial charge in [0, 0.05) is 11.1 Å². The zero-order valence-corrected chi connectivity index (χ0v) is 15.7. The molecule has 0 heterocycles. The lowest BCUT2D eigenvalue weighted by molar-refractivity contribution is -0.136. The Kier molecular flexibility index (Phi) is 6.38. The van der Waals surface area contributed by atoms with E-state index in [2.05, 4.69) is 0 Å².